The molecule has 0 aliphatic carbocycles. The van der Waals surface area contributed by atoms with Gasteiger partial charge in [0.15, 0.2) is 23.3 Å². The van der Waals surface area contributed by atoms with Gasteiger partial charge in [-0.2, -0.15) is 0 Å². The lowest BCUT2D eigenvalue weighted by atomic mass is 10.1. The fourth-order valence-electron chi connectivity index (χ4n) is 3.63. The zero-order valence-corrected chi connectivity index (χ0v) is 17.3. The highest BCUT2D eigenvalue weighted by molar-refractivity contribution is 5.70. The average molecular weight is 418 g/mol. The molecule has 8 nitrogen and oxygen atoms in total. The lowest BCUT2D eigenvalue weighted by Gasteiger charge is -2.28. The molecule has 0 radical (unpaired) electrons. The molecule has 158 valence electrons. The second kappa shape index (κ2) is 8.14. The minimum atomic E-state index is -0.280. The summed E-state index contributed by atoms with van der Waals surface area (Å²) in [6.45, 7) is 3.47. The molecule has 1 aliphatic rings. The van der Waals surface area contributed by atoms with Gasteiger partial charge in [0.25, 0.3) is 0 Å². The van der Waals surface area contributed by atoms with E-state index in [1.807, 2.05) is 47.9 Å². The smallest absolute Gasteiger partial charge is 0.213 e. The molecule has 1 aromatic carbocycles. The summed E-state index contributed by atoms with van der Waals surface area (Å²) in [7, 11) is 1.62. The summed E-state index contributed by atoms with van der Waals surface area (Å²) in [6, 6.07) is 11.5. The first-order valence-electron chi connectivity index (χ1n) is 10.1. The standard InChI is InChI=1S/C23H22N4O4/c1-3-29-21-7-6-16(11-25-21)20-13-30-19-10-15(9-18(28-2)22(19)31-20)12-27-14-26-17-5-4-8-24-23(17)27/h4-11,14,20H,3,12-13H2,1-2H3. The molecular formula is C23H22N4O4. The molecule has 1 aliphatic heterocycles. The molecule has 1 unspecified atom stereocenters. The van der Waals surface area contributed by atoms with Crippen LogP contribution >= 0.6 is 0 Å². The van der Waals surface area contributed by atoms with E-state index >= 15 is 0 Å². The van der Waals surface area contributed by atoms with Crippen molar-refractivity contribution in [3.05, 3.63) is 66.2 Å². The molecule has 0 amide bonds. The summed E-state index contributed by atoms with van der Waals surface area (Å²) in [5.41, 5.74) is 3.61. The van der Waals surface area contributed by atoms with Crippen LogP contribution in [0.15, 0.2) is 55.1 Å². The summed E-state index contributed by atoms with van der Waals surface area (Å²) in [4.78, 5) is 13.2. The van der Waals surface area contributed by atoms with E-state index in [0.717, 1.165) is 22.3 Å². The quantitative estimate of drug-likeness (QED) is 0.471. The van der Waals surface area contributed by atoms with Crippen LogP contribution in [0, 0.1) is 0 Å². The molecular weight excluding hydrogens is 396 g/mol. The molecule has 8 heteroatoms. The number of nitrogens with zero attached hydrogens (tertiary/aromatic N) is 4. The summed E-state index contributed by atoms with van der Waals surface area (Å²) in [5, 5.41) is 0. The van der Waals surface area contributed by atoms with E-state index in [1.165, 1.54) is 0 Å². The molecule has 0 spiro atoms. The normalized spacial score (nSPS) is 15.1. The van der Waals surface area contributed by atoms with E-state index in [9.17, 15) is 0 Å². The Labute approximate surface area is 179 Å². The Morgan fingerprint density at radius 2 is 2.10 bits per heavy atom. The van der Waals surface area contributed by atoms with E-state index < -0.39 is 0 Å². The molecule has 0 N–H and O–H groups in total. The van der Waals surface area contributed by atoms with Crippen molar-refractivity contribution in [3.63, 3.8) is 0 Å². The van der Waals surface area contributed by atoms with E-state index in [0.29, 0.717) is 42.9 Å². The molecule has 0 fully saturated rings. The third kappa shape index (κ3) is 3.72. The summed E-state index contributed by atoms with van der Waals surface area (Å²) >= 11 is 0. The Balaban J connectivity index is 1.40. The lowest BCUT2D eigenvalue weighted by molar-refractivity contribution is 0.0866. The molecule has 5 rings (SSSR count). The zero-order chi connectivity index (χ0) is 21.2. The maximum atomic E-state index is 6.24. The largest absolute Gasteiger partial charge is 0.493 e. The minimum Gasteiger partial charge on any atom is -0.493 e. The van der Waals surface area contributed by atoms with Gasteiger partial charge in [-0.15, -0.1) is 0 Å². The fourth-order valence-corrected chi connectivity index (χ4v) is 3.63. The topological polar surface area (TPSA) is 80.5 Å². The number of imidazole rings is 1. The number of ether oxygens (including phenoxy) is 4. The van der Waals surface area contributed by atoms with Crippen LogP contribution in [0.5, 0.6) is 23.1 Å². The number of fused-ring (bicyclic) bond motifs is 2. The number of benzene rings is 1. The maximum absolute atomic E-state index is 6.24. The SMILES string of the molecule is CCOc1ccc(C2COc3cc(Cn4cnc5cccnc54)cc(OC)c3O2)cn1. The van der Waals surface area contributed by atoms with Gasteiger partial charge in [-0.05, 0) is 42.8 Å². The third-order valence-corrected chi connectivity index (χ3v) is 5.10. The summed E-state index contributed by atoms with van der Waals surface area (Å²) < 4.78 is 25.3. The highest BCUT2D eigenvalue weighted by Gasteiger charge is 2.27. The monoisotopic (exact) mass is 418 g/mol. The molecule has 4 aromatic rings. The minimum absolute atomic E-state index is 0.280. The van der Waals surface area contributed by atoms with E-state index in [1.54, 1.807) is 25.8 Å². The molecule has 3 aromatic heterocycles. The zero-order valence-electron chi connectivity index (χ0n) is 17.3. The first-order valence-corrected chi connectivity index (χ1v) is 10.1. The van der Waals surface area contributed by atoms with Crippen LogP contribution in [0.2, 0.25) is 0 Å². The second-order valence-corrected chi connectivity index (χ2v) is 7.12. The average Bonchev–Trinajstić information content (AvgIpc) is 3.22. The first-order chi connectivity index (χ1) is 15.2. The number of hydrogen-bond acceptors (Lipinski definition) is 7. The Kier molecular flexibility index (Phi) is 5.03. The van der Waals surface area contributed by atoms with E-state index in [4.69, 9.17) is 18.9 Å². The van der Waals surface area contributed by atoms with Gasteiger partial charge < -0.3 is 23.5 Å². The lowest BCUT2D eigenvalue weighted by Crippen LogP contribution is -2.22. The number of pyridine rings is 2. The van der Waals surface area contributed by atoms with Crippen molar-refractivity contribution >= 4 is 11.2 Å². The Hall–Kier alpha value is -3.81. The maximum Gasteiger partial charge on any atom is 0.213 e. The van der Waals surface area contributed by atoms with Gasteiger partial charge in [-0.3, -0.25) is 0 Å². The van der Waals surface area contributed by atoms with Crippen LogP contribution in [0.4, 0.5) is 0 Å². The summed E-state index contributed by atoms with van der Waals surface area (Å²) in [6.07, 6.45) is 5.02. The van der Waals surface area contributed by atoms with Crippen molar-refractivity contribution in [2.45, 2.75) is 19.6 Å². The van der Waals surface area contributed by atoms with Crippen LogP contribution in [-0.2, 0) is 6.54 Å². The van der Waals surface area contributed by atoms with Crippen LogP contribution in [0.3, 0.4) is 0 Å². The second-order valence-electron chi connectivity index (χ2n) is 7.12. The Morgan fingerprint density at radius 1 is 1.16 bits per heavy atom. The van der Waals surface area contributed by atoms with Gasteiger partial charge in [0.1, 0.15) is 12.1 Å². The van der Waals surface area contributed by atoms with Crippen molar-refractivity contribution in [1.29, 1.82) is 0 Å². The molecule has 4 heterocycles. The molecule has 0 saturated heterocycles. The number of hydrogen-bond donors (Lipinski definition) is 0. The van der Waals surface area contributed by atoms with Crippen LogP contribution in [0.25, 0.3) is 11.2 Å². The van der Waals surface area contributed by atoms with Gasteiger partial charge in [0.2, 0.25) is 11.6 Å². The first kappa shape index (κ1) is 19.2. The van der Waals surface area contributed by atoms with Crippen LogP contribution in [0.1, 0.15) is 24.2 Å². The number of methoxy groups -OCH3 is 1. The van der Waals surface area contributed by atoms with Gasteiger partial charge in [0.05, 0.1) is 26.6 Å². The molecule has 1 atom stereocenters. The number of aromatic nitrogens is 4. The highest BCUT2D eigenvalue weighted by atomic mass is 16.6. The van der Waals surface area contributed by atoms with Gasteiger partial charge in [-0.25, -0.2) is 15.0 Å². The van der Waals surface area contributed by atoms with E-state index in [2.05, 4.69) is 15.0 Å². The van der Waals surface area contributed by atoms with Crippen LogP contribution < -0.4 is 18.9 Å². The molecule has 0 saturated carbocycles. The molecule has 0 bridgehead atoms. The van der Waals surface area contributed by atoms with Gasteiger partial charge in [-0.1, -0.05) is 0 Å². The highest BCUT2D eigenvalue weighted by Crippen LogP contribution is 2.44. The predicted octanol–water partition coefficient (Wildman–Crippen LogP) is 3.79. The van der Waals surface area contributed by atoms with Crippen molar-refractivity contribution in [1.82, 2.24) is 19.5 Å². The van der Waals surface area contributed by atoms with E-state index in [-0.39, 0.29) is 6.10 Å². The van der Waals surface area contributed by atoms with Crippen molar-refractivity contribution < 1.29 is 18.9 Å². The van der Waals surface area contributed by atoms with Crippen molar-refractivity contribution in [3.8, 4) is 23.1 Å². The predicted molar refractivity (Wildman–Crippen MR) is 114 cm³/mol. The number of rotatable bonds is 6. The Morgan fingerprint density at radius 3 is 2.90 bits per heavy atom. The molecule has 31 heavy (non-hydrogen) atoms. The van der Waals surface area contributed by atoms with Gasteiger partial charge in [0, 0.05) is 24.0 Å². The van der Waals surface area contributed by atoms with Crippen molar-refractivity contribution in [2.75, 3.05) is 20.3 Å². The third-order valence-electron chi connectivity index (χ3n) is 5.10. The van der Waals surface area contributed by atoms with Crippen molar-refractivity contribution in [2.24, 2.45) is 0 Å². The van der Waals surface area contributed by atoms with Crippen LogP contribution in [-0.4, -0.2) is 39.8 Å². The Bertz CT molecular complexity index is 1190. The van der Waals surface area contributed by atoms with Gasteiger partial charge >= 0.3 is 0 Å². The summed E-state index contributed by atoms with van der Waals surface area (Å²) in [5.74, 6) is 2.45. The fraction of sp³-hybridized carbons (Fsp3) is 0.261.